The predicted molar refractivity (Wildman–Crippen MR) is 144 cm³/mol. The van der Waals surface area contributed by atoms with Crippen molar-refractivity contribution in [3.8, 4) is 5.75 Å². The molecule has 2 amide bonds. The van der Waals surface area contributed by atoms with E-state index in [2.05, 4.69) is 15.6 Å². The number of anilines is 2. The zero-order valence-corrected chi connectivity index (χ0v) is 23.2. The van der Waals surface area contributed by atoms with Crippen molar-refractivity contribution in [1.82, 2.24) is 20.2 Å². The number of rotatable bonds is 10. The SMILES string of the molecule is Cn1c(Nc2c(Cl)ccc(CNC(=O)C3CCCC3)c2Cl)nc2cc(C(=O)NCC(F)(F)F)c(OCC(F)F)cc21. The minimum Gasteiger partial charge on any atom is -0.487 e. The molecule has 0 spiro atoms. The topological polar surface area (TPSA) is 97.3 Å². The molecular formula is C26H26Cl2F5N5O3. The van der Waals surface area contributed by atoms with Gasteiger partial charge in [0.2, 0.25) is 11.9 Å². The molecule has 3 N–H and O–H groups in total. The van der Waals surface area contributed by atoms with Crippen LogP contribution in [-0.4, -0.2) is 47.1 Å². The molecule has 1 fully saturated rings. The fourth-order valence-electron chi connectivity index (χ4n) is 4.53. The molecule has 15 heteroatoms. The lowest BCUT2D eigenvalue weighted by Gasteiger charge is -2.15. The Hall–Kier alpha value is -3.32. The maximum absolute atomic E-state index is 12.8. The van der Waals surface area contributed by atoms with Crippen LogP contribution in [0.5, 0.6) is 5.75 Å². The molecule has 1 aliphatic rings. The number of fused-ring (bicyclic) bond motifs is 1. The summed E-state index contributed by atoms with van der Waals surface area (Å²) in [7, 11) is 1.57. The van der Waals surface area contributed by atoms with Crippen LogP contribution in [0.25, 0.3) is 11.0 Å². The Morgan fingerprint density at radius 2 is 1.85 bits per heavy atom. The second-order valence-electron chi connectivity index (χ2n) is 9.55. The number of benzene rings is 2. The number of hydrogen-bond acceptors (Lipinski definition) is 5. The van der Waals surface area contributed by atoms with Gasteiger partial charge in [-0.25, -0.2) is 13.8 Å². The first kappa shape index (κ1) is 30.6. The first-order valence-electron chi connectivity index (χ1n) is 12.6. The van der Waals surface area contributed by atoms with Gasteiger partial charge in [-0.05, 0) is 30.5 Å². The molecular weight excluding hydrogens is 596 g/mol. The second-order valence-corrected chi connectivity index (χ2v) is 10.3. The molecule has 222 valence electrons. The smallest absolute Gasteiger partial charge is 0.405 e. The van der Waals surface area contributed by atoms with Crippen molar-refractivity contribution in [2.24, 2.45) is 13.0 Å². The maximum Gasteiger partial charge on any atom is 0.405 e. The van der Waals surface area contributed by atoms with E-state index < -0.39 is 37.2 Å². The van der Waals surface area contributed by atoms with E-state index in [1.165, 1.54) is 10.6 Å². The third-order valence-corrected chi connectivity index (χ3v) is 7.37. The summed E-state index contributed by atoms with van der Waals surface area (Å²) in [5.74, 6) is -1.41. The standard InChI is InChI=1S/C26H26Cl2F5N5O3/c1-38-18-9-19(41-11-20(29)30)15(24(40)35-12-26(31,32)33)8-17(18)36-25(38)37-22-16(27)7-6-14(21(22)28)10-34-23(39)13-4-2-3-5-13/h6-9,13,20H,2-5,10-12H2,1H3,(H,34,39)(H,35,40)(H,36,37). The van der Waals surface area contributed by atoms with E-state index in [1.54, 1.807) is 24.5 Å². The number of nitrogens with one attached hydrogen (secondary N) is 3. The Morgan fingerprint density at radius 3 is 2.51 bits per heavy atom. The number of carbonyl (C=O) groups is 2. The molecule has 0 atom stereocenters. The lowest BCUT2D eigenvalue weighted by Crippen LogP contribution is -2.34. The normalized spacial score (nSPS) is 14.1. The molecule has 0 unspecified atom stereocenters. The first-order chi connectivity index (χ1) is 19.3. The third kappa shape index (κ3) is 7.50. The highest BCUT2D eigenvalue weighted by Gasteiger charge is 2.29. The van der Waals surface area contributed by atoms with Crippen LogP contribution in [-0.2, 0) is 18.4 Å². The summed E-state index contributed by atoms with van der Waals surface area (Å²) in [6, 6.07) is 5.65. The number of hydrogen-bond donors (Lipinski definition) is 3. The van der Waals surface area contributed by atoms with Gasteiger partial charge in [0.05, 0.1) is 32.3 Å². The Balaban J connectivity index is 1.62. The van der Waals surface area contributed by atoms with Gasteiger partial charge in [0.15, 0.2) is 0 Å². The van der Waals surface area contributed by atoms with Crippen molar-refractivity contribution in [2.75, 3.05) is 18.5 Å². The van der Waals surface area contributed by atoms with Crippen molar-refractivity contribution >= 4 is 57.7 Å². The van der Waals surface area contributed by atoms with Crippen LogP contribution >= 0.6 is 23.2 Å². The predicted octanol–water partition coefficient (Wildman–Crippen LogP) is 6.37. The molecule has 8 nitrogen and oxygen atoms in total. The zero-order valence-electron chi connectivity index (χ0n) is 21.7. The van der Waals surface area contributed by atoms with Gasteiger partial charge >= 0.3 is 6.18 Å². The van der Waals surface area contributed by atoms with Crippen LogP contribution in [0.2, 0.25) is 10.0 Å². The molecule has 41 heavy (non-hydrogen) atoms. The Bertz CT molecular complexity index is 1440. The minimum absolute atomic E-state index is 0.0198. The van der Waals surface area contributed by atoms with E-state index >= 15 is 0 Å². The van der Waals surface area contributed by atoms with Crippen molar-refractivity contribution in [3.63, 3.8) is 0 Å². The van der Waals surface area contributed by atoms with Gasteiger partial charge in [-0.15, -0.1) is 0 Å². The highest BCUT2D eigenvalue weighted by molar-refractivity contribution is 6.39. The van der Waals surface area contributed by atoms with Gasteiger partial charge in [0.25, 0.3) is 12.3 Å². The van der Waals surface area contributed by atoms with Crippen molar-refractivity contribution in [1.29, 1.82) is 0 Å². The molecule has 0 radical (unpaired) electrons. The number of halogens is 7. The molecule has 0 saturated heterocycles. The van der Waals surface area contributed by atoms with Gasteiger partial charge in [-0.2, -0.15) is 13.2 Å². The lowest BCUT2D eigenvalue weighted by atomic mass is 10.1. The second kappa shape index (κ2) is 12.7. The molecule has 4 rings (SSSR count). The average Bonchev–Trinajstić information content (AvgIpc) is 3.55. The third-order valence-electron chi connectivity index (χ3n) is 6.63. The molecule has 1 saturated carbocycles. The summed E-state index contributed by atoms with van der Waals surface area (Å²) in [5.41, 5.74) is 0.940. The number of aromatic nitrogens is 2. The summed E-state index contributed by atoms with van der Waals surface area (Å²) in [6.45, 7) is -2.53. The van der Waals surface area contributed by atoms with Crippen LogP contribution < -0.4 is 20.7 Å². The molecule has 1 aromatic heterocycles. The maximum atomic E-state index is 12.8. The van der Waals surface area contributed by atoms with Crippen LogP contribution in [0.4, 0.5) is 33.6 Å². The van der Waals surface area contributed by atoms with Crippen molar-refractivity contribution < 1.29 is 36.3 Å². The lowest BCUT2D eigenvalue weighted by molar-refractivity contribution is -0.125. The van der Waals surface area contributed by atoms with E-state index in [0.29, 0.717) is 11.1 Å². The van der Waals surface area contributed by atoms with Gasteiger partial charge in [0, 0.05) is 25.6 Å². The monoisotopic (exact) mass is 621 g/mol. The quantitative estimate of drug-likeness (QED) is 0.229. The summed E-state index contributed by atoms with van der Waals surface area (Å²) < 4.78 is 70.1. The van der Waals surface area contributed by atoms with Crippen LogP contribution in [0.1, 0.15) is 41.6 Å². The van der Waals surface area contributed by atoms with Crippen LogP contribution in [0, 0.1) is 5.92 Å². The highest BCUT2D eigenvalue weighted by Crippen LogP contribution is 2.37. The Kier molecular flexibility index (Phi) is 9.48. The molecule has 3 aromatic rings. The van der Waals surface area contributed by atoms with Gasteiger partial charge in [-0.3, -0.25) is 9.59 Å². The molecule has 1 heterocycles. The van der Waals surface area contributed by atoms with E-state index in [4.69, 9.17) is 27.9 Å². The number of nitrogens with zero attached hydrogens (tertiary/aromatic N) is 2. The number of aryl methyl sites for hydroxylation is 1. The summed E-state index contributed by atoms with van der Waals surface area (Å²) in [5, 5.41) is 8.08. The number of alkyl halides is 5. The average molecular weight is 622 g/mol. The van der Waals surface area contributed by atoms with Crippen LogP contribution in [0.15, 0.2) is 24.3 Å². The minimum atomic E-state index is -4.68. The molecule has 2 aromatic carbocycles. The number of carbonyl (C=O) groups excluding carboxylic acids is 2. The van der Waals surface area contributed by atoms with E-state index in [9.17, 15) is 31.5 Å². The summed E-state index contributed by atoms with van der Waals surface area (Å²) >= 11 is 13.0. The number of ether oxygens (including phenoxy) is 1. The highest BCUT2D eigenvalue weighted by atomic mass is 35.5. The van der Waals surface area contributed by atoms with E-state index in [1.807, 2.05) is 0 Å². The first-order valence-corrected chi connectivity index (χ1v) is 13.4. The Morgan fingerprint density at radius 1 is 1.15 bits per heavy atom. The van der Waals surface area contributed by atoms with Gasteiger partial charge in [-0.1, -0.05) is 42.1 Å². The Labute approximate surface area is 241 Å². The van der Waals surface area contributed by atoms with E-state index in [-0.39, 0.29) is 51.3 Å². The van der Waals surface area contributed by atoms with Crippen molar-refractivity contribution in [3.05, 3.63) is 45.4 Å². The molecule has 0 aliphatic heterocycles. The fraction of sp³-hybridized carbons (Fsp3) is 0.423. The number of amides is 2. The van der Waals surface area contributed by atoms with Crippen molar-refractivity contribution in [2.45, 2.75) is 44.8 Å². The van der Waals surface area contributed by atoms with Gasteiger partial charge < -0.3 is 25.3 Å². The summed E-state index contributed by atoms with van der Waals surface area (Å²) in [4.78, 5) is 29.4. The zero-order chi connectivity index (χ0) is 29.9. The fourth-order valence-corrected chi connectivity index (χ4v) is 5.06. The summed E-state index contributed by atoms with van der Waals surface area (Å²) in [6.07, 6.45) is -3.84. The molecule has 0 bridgehead atoms. The van der Waals surface area contributed by atoms with Crippen LogP contribution in [0.3, 0.4) is 0 Å². The largest absolute Gasteiger partial charge is 0.487 e. The van der Waals surface area contributed by atoms with E-state index in [0.717, 1.165) is 31.7 Å². The van der Waals surface area contributed by atoms with Gasteiger partial charge in [0.1, 0.15) is 18.9 Å². The number of imidazole rings is 1. The molecule has 1 aliphatic carbocycles.